The van der Waals surface area contributed by atoms with Gasteiger partial charge in [0.05, 0.1) is 7.11 Å². The van der Waals surface area contributed by atoms with E-state index in [1.807, 2.05) is 42.5 Å². The van der Waals surface area contributed by atoms with Gasteiger partial charge in [0.2, 0.25) is 0 Å². The first-order valence-electron chi connectivity index (χ1n) is 9.85. The van der Waals surface area contributed by atoms with Crippen molar-refractivity contribution in [2.75, 3.05) is 12.4 Å². The number of fused-ring (bicyclic) bond motifs is 3. The van der Waals surface area contributed by atoms with Crippen LogP contribution < -0.4 is 10.1 Å². The van der Waals surface area contributed by atoms with Crippen molar-refractivity contribution in [3.05, 3.63) is 95.6 Å². The summed E-state index contributed by atoms with van der Waals surface area (Å²) in [4.78, 5) is 13.4. The van der Waals surface area contributed by atoms with E-state index in [0.717, 1.165) is 17.7 Å². The average Bonchev–Trinajstić information content (AvgIpc) is 3.31. The number of rotatable bonds is 4. The quantitative estimate of drug-likeness (QED) is 0.638. The standard InChI is InChI=1S/C25H23NO2/c1-28-18-13-11-16(12-14-18)20-15-21(25(27)17-7-3-2-4-8-17)24-23(20)19-9-5-6-10-22(19)26-24/h2-14,20-21,23-24,26H,15H2,1H3/t20-,21-,23+,24-/m0/s1. The molecule has 1 saturated carbocycles. The van der Waals surface area contributed by atoms with Gasteiger partial charge < -0.3 is 10.1 Å². The van der Waals surface area contributed by atoms with Gasteiger partial charge in [0.1, 0.15) is 5.75 Å². The minimum absolute atomic E-state index is 0.0353. The molecule has 2 aliphatic rings. The number of hydrogen-bond acceptors (Lipinski definition) is 3. The molecule has 1 fully saturated rings. The SMILES string of the molecule is COc1ccc([C@@H]2C[C@H](C(=O)c3ccccc3)[C@@H]3Nc4ccccc4[C@@H]32)cc1. The van der Waals surface area contributed by atoms with Gasteiger partial charge in [-0.05, 0) is 41.7 Å². The van der Waals surface area contributed by atoms with Gasteiger partial charge in [0, 0.05) is 29.1 Å². The lowest BCUT2D eigenvalue weighted by atomic mass is 9.84. The predicted molar refractivity (Wildman–Crippen MR) is 111 cm³/mol. The van der Waals surface area contributed by atoms with Crippen LogP contribution in [0.3, 0.4) is 0 Å². The third kappa shape index (κ3) is 2.70. The van der Waals surface area contributed by atoms with Crippen molar-refractivity contribution in [3.8, 4) is 5.75 Å². The third-order valence-corrected chi connectivity index (χ3v) is 6.34. The first-order valence-corrected chi connectivity index (χ1v) is 9.85. The number of anilines is 1. The molecule has 0 radical (unpaired) electrons. The molecule has 0 aromatic heterocycles. The maximum absolute atomic E-state index is 13.4. The zero-order valence-corrected chi connectivity index (χ0v) is 15.8. The summed E-state index contributed by atoms with van der Waals surface area (Å²) in [6.07, 6.45) is 0.858. The van der Waals surface area contributed by atoms with Crippen LogP contribution in [0.2, 0.25) is 0 Å². The van der Waals surface area contributed by atoms with E-state index in [9.17, 15) is 4.79 Å². The van der Waals surface area contributed by atoms with Gasteiger partial charge in [-0.25, -0.2) is 0 Å². The number of carbonyl (C=O) groups is 1. The molecule has 1 aliphatic carbocycles. The van der Waals surface area contributed by atoms with Crippen LogP contribution in [0.15, 0.2) is 78.9 Å². The smallest absolute Gasteiger partial charge is 0.168 e. The second-order valence-corrected chi connectivity index (χ2v) is 7.74. The van der Waals surface area contributed by atoms with Crippen LogP contribution in [-0.2, 0) is 0 Å². The van der Waals surface area contributed by atoms with Gasteiger partial charge in [-0.2, -0.15) is 0 Å². The summed E-state index contributed by atoms with van der Waals surface area (Å²) in [7, 11) is 1.69. The number of methoxy groups -OCH3 is 1. The van der Waals surface area contributed by atoms with E-state index < -0.39 is 0 Å². The Hall–Kier alpha value is -3.07. The van der Waals surface area contributed by atoms with Gasteiger partial charge in [-0.1, -0.05) is 60.7 Å². The Bertz CT molecular complexity index is 997. The van der Waals surface area contributed by atoms with E-state index in [4.69, 9.17) is 4.74 Å². The molecule has 140 valence electrons. The molecule has 0 saturated heterocycles. The number of Topliss-reactive ketones (excluding diaryl/α,β-unsaturated/α-hetero) is 1. The lowest BCUT2D eigenvalue weighted by Crippen LogP contribution is -2.30. The van der Waals surface area contributed by atoms with Crippen molar-refractivity contribution in [2.45, 2.75) is 24.3 Å². The minimum atomic E-state index is -0.0353. The molecule has 1 aliphatic heterocycles. The normalized spacial score (nSPS) is 24.9. The Morgan fingerprint density at radius 2 is 1.64 bits per heavy atom. The molecule has 0 unspecified atom stereocenters. The van der Waals surface area contributed by atoms with E-state index in [1.165, 1.54) is 16.8 Å². The Morgan fingerprint density at radius 3 is 2.39 bits per heavy atom. The molecular formula is C25H23NO2. The molecule has 1 N–H and O–H groups in total. The first-order chi connectivity index (χ1) is 13.8. The van der Waals surface area contributed by atoms with E-state index >= 15 is 0 Å². The molecule has 3 aromatic carbocycles. The summed E-state index contributed by atoms with van der Waals surface area (Å²) in [6.45, 7) is 0. The molecule has 4 atom stereocenters. The first kappa shape index (κ1) is 17.1. The van der Waals surface area contributed by atoms with Crippen LogP contribution in [0.25, 0.3) is 0 Å². The highest BCUT2D eigenvalue weighted by atomic mass is 16.5. The van der Waals surface area contributed by atoms with Crippen LogP contribution in [0.5, 0.6) is 5.75 Å². The lowest BCUT2D eigenvalue weighted by Gasteiger charge is -2.20. The van der Waals surface area contributed by atoms with Crippen LogP contribution in [0.4, 0.5) is 5.69 Å². The monoisotopic (exact) mass is 369 g/mol. The summed E-state index contributed by atoms with van der Waals surface area (Å²) in [5.74, 6) is 1.69. The van der Waals surface area contributed by atoms with Gasteiger partial charge >= 0.3 is 0 Å². The van der Waals surface area contributed by atoms with E-state index in [1.54, 1.807) is 7.11 Å². The molecule has 3 aromatic rings. The van der Waals surface area contributed by atoms with E-state index in [2.05, 4.69) is 41.7 Å². The molecule has 3 heteroatoms. The minimum Gasteiger partial charge on any atom is -0.497 e. The molecule has 1 heterocycles. The van der Waals surface area contributed by atoms with Crippen molar-refractivity contribution in [1.82, 2.24) is 0 Å². The van der Waals surface area contributed by atoms with Crippen molar-refractivity contribution in [2.24, 2.45) is 5.92 Å². The highest BCUT2D eigenvalue weighted by molar-refractivity contribution is 5.99. The third-order valence-electron chi connectivity index (χ3n) is 6.34. The number of para-hydroxylation sites is 1. The fourth-order valence-corrected chi connectivity index (χ4v) is 5.05. The van der Waals surface area contributed by atoms with Crippen LogP contribution in [-0.4, -0.2) is 18.9 Å². The predicted octanol–water partition coefficient (Wildman–Crippen LogP) is 5.26. The highest BCUT2D eigenvalue weighted by Crippen LogP contribution is 2.55. The molecule has 0 spiro atoms. The van der Waals surface area contributed by atoms with Crippen LogP contribution >= 0.6 is 0 Å². The second-order valence-electron chi connectivity index (χ2n) is 7.74. The summed E-state index contributed by atoms with van der Waals surface area (Å²) in [5.41, 5.74) is 4.58. The van der Waals surface area contributed by atoms with Gasteiger partial charge in [-0.15, -0.1) is 0 Å². The number of ether oxygens (including phenoxy) is 1. The van der Waals surface area contributed by atoms with Gasteiger partial charge in [0.15, 0.2) is 5.78 Å². The summed E-state index contributed by atoms with van der Waals surface area (Å²) >= 11 is 0. The number of benzene rings is 3. The van der Waals surface area contributed by atoms with Crippen molar-refractivity contribution >= 4 is 11.5 Å². The van der Waals surface area contributed by atoms with Crippen molar-refractivity contribution < 1.29 is 9.53 Å². The lowest BCUT2D eigenvalue weighted by molar-refractivity contribution is 0.0916. The Kier molecular flexibility index (Phi) is 4.16. The second kappa shape index (κ2) is 6.83. The zero-order valence-electron chi connectivity index (χ0n) is 15.8. The summed E-state index contributed by atoms with van der Waals surface area (Å²) < 4.78 is 5.33. The van der Waals surface area contributed by atoms with Crippen LogP contribution in [0.1, 0.15) is 39.7 Å². The molecule has 0 amide bonds. The Balaban J connectivity index is 1.54. The maximum Gasteiger partial charge on any atom is 0.168 e. The van der Waals surface area contributed by atoms with Crippen molar-refractivity contribution in [1.29, 1.82) is 0 Å². The van der Waals surface area contributed by atoms with Crippen LogP contribution in [0, 0.1) is 5.92 Å². The fraction of sp³-hybridized carbons (Fsp3) is 0.240. The summed E-state index contributed by atoms with van der Waals surface area (Å²) in [5, 5.41) is 3.67. The maximum atomic E-state index is 13.4. The molecule has 0 bridgehead atoms. The molecule has 3 nitrogen and oxygen atoms in total. The van der Waals surface area contributed by atoms with E-state index in [0.29, 0.717) is 11.8 Å². The molecule has 28 heavy (non-hydrogen) atoms. The average molecular weight is 369 g/mol. The molecular weight excluding hydrogens is 346 g/mol. The highest BCUT2D eigenvalue weighted by Gasteiger charge is 2.51. The zero-order chi connectivity index (χ0) is 19.1. The largest absolute Gasteiger partial charge is 0.497 e. The fourth-order valence-electron chi connectivity index (χ4n) is 5.05. The van der Waals surface area contributed by atoms with E-state index in [-0.39, 0.29) is 17.7 Å². The topological polar surface area (TPSA) is 38.3 Å². The van der Waals surface area contributed by atoms with Gasteiger partial charge in [0.25, 0.3) is 0 Å². The van der Waals surface area contributed by atoms with Crippen molar-refractivity contribution in [3.63, 3.8) is 0 Å². The molecule has 5 rings (SSSR count). The number of hydrogen-bond donors (Lipinski definition) is 1. The number of carbonyl (C=O) groups excluding carboxylic acids is 1. The number of nitrogens with one attached hydrogen (secondary N) is 1. The Morgan fingerprint density at radius 1 is 0.929 bits per heavy atom. The number of ketones is 1. The Labute approximate surface area is 165 Å². The summed E-state index contributed by atoms with van der Waals surface area (Å²) in [6, 6.07) is 26.7. The van der Waals surface area contributed by atoms with Gasteiger partial charge in [-0.3, -0.25) is 4.79 Å².